The Labute approximate surface area is 141 Å². The van der Waals surface area contributed by atoms with Crippen LogP contribution in [-0.2, 0) is 13.2 Å². The molecule has 1 saturated carbocycles. The molecule has 1 aliphatic carbocycles. The summed E-state index contributed by atoms with van der Waals surface area (Å²) in [4.78, 5) is 0. The first-order valence-electron chi connectivity index (χ1n) is 8.10. The lowest BCUT2D eigenvalue weighted by atomic mass is 10.2. The van der Waals surface area contributed by atoms with Gasteiger partial charge >= 0.3 is 0 Å². The molecular formula is C19H21ClFNO. The van der Waals surface area contributed by atoms with Crippen LogP contribution >= 0.6 is 11.6 Å². The third kappa shape index (κ3) is 4.46. The molecule has 0 saturated heterocycles. The second kappa shape index (κ2) is 7.80. The Hall–Kier alpha value is -1.58. The van der Waals surface area contributed by atoms with Crippen molar-refractivity contribution in [3.8, 4) is 5.75 Å². The van der Waals surface area contributed by atoms with Gasteiger partial charge in [-0.1, -0.05) is 42.6 Å². The van der Waals surface area contributed by atoms with Crippen molar-refractivity contribution in [2.24, 2.45) is 0 Å². The molecule has 2 nitrogen and oxygen atoms in total. The lowest BCUT2D eigenvalue weighted by Gasteiger charge is -2.12. The van der Waals surface area contributed by atoms with Gasteiger partial charge in [-0.2, -0.15) is 0 Å². The van der Waals surface area contributed by atoms with Crippen molar-refractivity contribution >= 4 is 11.6 Å². The summed E-state index contributed by atoms with van der Waals surface area (Å²) < 4.78 is 19.3. The first kappa shape index (κ1) is 16.3. The minimum Gasteiger partial charge on any atom is -0.489 e. The first-order chi connectivity index (χ1) is 11.2. The summed E-state index contributed by atoms with van der Waals surface area (Å²) in [6, 6.07) is 13.2. The molecule has 1 N–H and O–H groups in total. The largest absolute Gasteiger partial charge is 0.489 e. The maximum Gasteiger partial charge on any atom is 0.131 e. The second-order valence-corrected chi connectivity index (χ2v) is 6.40. The van der Waals surface area contributed by atoms with Crippen LogP contribution in [0.15, 0.2) is 42.5 Å². The Morgan fingerprint density at radius 2 is 1.83 bits per heavy atom. The molecule has 0 atom stereocenters. The van der Waals surface area contributed by atoms with Crippen molar-refractivity contribution in [1.82, 2.24) is 5.32 Å². The van der Waals surface area contributed by atoms with Gasteiger partial charge in [0.15, 0.2) is 0 Å². The van der Waals surface area contributed by atoms with E-state index >= 15 is 0 Å². The van der Waals surface area contributed by atoms with E-state index in [1.165, 1.54) is 37.3 Å². The van der Waals surface area contributed by atoms with Gasteiger partial charge in [0, 0.05) is 18.2 Å². The number of halogens is 2. The fraction of sp³-hybridized carbons (Fsp3) is 0.368. The van der Waals surface area contributed by atoms with Gasteiger partial charge in [-0.05, 0) is 42.7 Å². The van der Waals surface area contributed by atoms with E-state index in [2.05, 4.69) is 5.32 Å². The van der Waals surface area contributed by atoms with Crippen LogP contribution in [0.25, 0.3) is 0 Å². The number of benzene rings is 2. The lowest BCUT2D eigenvalue weighted by Crippen LogP contribution is -2.25. The van der Waals surface area contributed by atoms with Crippen LogP contribution < -0.4 is 10.1 Å². The number of hydrogen-bond donors (Lipinski definition) is 1. The van der Waals surface area contributed by atoms with Crippen LogP contribution in [0, 0.1) is 5.82 Å². The molecule has 0 unspecified atom stereocenters. The zero-order valence-corrected chi connectivity index (χ0v) is 13.8. The highest BCUT2D eigenvalue weighted by atomic mass is 35.5. The van der Waals surface area contributed by atoms with Crippen molar-refractivity contribution in [1.29, 1.82) is 0 Å². The number of rotatable bonds is 6. The SMILES string of the molecule is Fc1cccc(Cl)c1COc1ccc(CNC2CCCC2)cc1. The smallest absolute Gasteiger partial charge is 0.131 e. The molecule has 0 heterocycles. The molecule has 0 aromatic heterocycles. The van der Waals surface area contributed by atoms with Gasteiger partial charge < -0.3 is 10.1 Å². The van der Waals surface area contributed by atoms with Gasteiger partial charge in [-0.25, -0.2) is 4.39 Å². The molecule has 1 aliphatic rings. The van der Waals surface area contributed by atoms with Gasteiger partial charge in [-0.3, -0.25) is 0 Å². The summed E-state index contributed by atoms with van der Waals surface area (Å²) in [7, 11) is 0. The van der Waals surface area contributed by atoms with Crippen molar-refractivity contribution in [2.75, 3.05) is 0 Å². The highest BCUT2D eigenvalue weighted by Gasteiger charge is 2.13. The van der Waals surface area contributed by atoms with Crippen molar-refractivity contribution in [2.45, 2.75) is 44.9 Å². The predicted octanol–water partition coefficient (Wildman–Crippen LogP) is 5.09. The summed E-state index contributed by atoms with van der Waals surface area (Å²) in [6.45, 7) is 1.01. The molecule has 0 spiro atoms. The third-order valence-electron chi connectivity index (χ3n) is 4.32. The third-order valence-corrected chi connectivity index (χ3v) is 4.67. The summed E-state index contributed by atoms with van der Waals surface area (Å²) >= 11 is 6.00. The summed E-state index contributed by atoms with van der Waals surface area (Å²) in [6.07, 6.45) is 5.24. The van der Waals surface area contributed by atoms with E-state index in [4.69, 9.17) is 16.3 Å². The van der Waals surface area contributed by atoms with Crippen molar-refractivity contribution in [3.05, 3.63) is 64.4 Å². The topological polar surface area (TPSA) is 21.3 Å². The average Bonchev–Trinajstić information content (AvgIpc) is 3.07. The van der Waals surface area contributed by atoms with Crippen LogP contribution in [0.3, 0.4) is 0 Å². The summed E-state index contributed by atoms with van der Waals surface area (Å²) in [5.41, 5.74) is 1.62. The average molecular weight is 334 g/mol. The Bertz CT molecular complexity index is 618. The Morgan fingerprint density at radius 3 is 2.52 bits per heavy atom. The maximum atomic E-state index is 13.7. The van der Waals surface area contributed by atoms with Crippen LogP contribution in [0.5, 0.6) is 5.75 Å². The van der Waals surface area contributed by atoms with Crippen molar-refractivity contribution < 1.29 is 9.13 Å². The van der Waals surface area contributed by atoms with Crippen LogP contribution in [0.2, 0.25) is 5.02 Å². The molecule has 2 aromatic carbocycles. The fourth-order valence-electron chi connectivity index (χ4n) is 2.92. The molecule has 0 bridgehead atoms. The Morgan fingerprint density at radius 1 is 1.09 bits per heavy atom. The highest BCUT2D eigenvalue weighted by molar-refractivity contribution is 6.31. The number of nitrogens with one attached hydrogen (secondary N) is 1. The standard InChI is InChI=1S/C19H21ClFNO/c20-18-6-3-7-19(21)17(18)13-23-16-10-8-14(9-11-16)12-22-15-4-1-2-5-15/h3,6-11,15,22H,1-2,4-5,12-13H2. The van der Waals surface area contributed by atoms with Crippen molar-refractivity contribution in [3.63, 3.8) is 0 Å². The van der Waals surface area contributed by atoms with Crippen LogP contribution in [-0.4, -0.2) is 6.04 Å². The second-order valence-electron chi connectivity index (χ2n) is 6.00. The van der Waals surface area contributed by atoms with Gasteiger partial charge in [0.25, 0.3) is 0 Å². The highest BCUT2D eigenvalue weighted by Crippen LogP contribution is 2.22. The molecule has 3 rings (SSSR count). The minimum atomic E-state index is -0.338. The summed E-state index contributed by atoms with van der Waals surface area (Å²) in [5.74, 6) is 0.379. The fourth-order valence-corrected chi connectivity index (χ4v) is 3.14. The molecule has 23 heavy (non-hydrogen) atoms. The molecule has 1 fully saturated rings. The molecule has 0 radical (unpaired) electrons. The van der Waals surface area contributed by atoms with Gasteiger partial charge in [0.2, 0.25) is 0 Å². The molecular weight excluding hydrogens is 313 g/mol. The Balaban J connectivity index is 1.53. The predicted molar refractivity (Wildman–Crippen MR) is 91.3 cm³/mol. The van der Waals surface area contributed by atoms with E-state index in [1.807, 2.05) is 24.3 Å². The zero-order chi connectivity index (χ0) is 16.1. The molecule has 0 amide bonds. The quantitative estimate of drug-likeness (QED) is 0.795. The van der Waals surface area contributed by atoms with E-state index < -0.39 is 0 Å². The monoisotopic (exact) mass is 333 g/mol. The minimum absolute atomic E-state index is 0.130. The molecule has 122 valence electrons. The summed E-state index contributed by atoms with van der Waals surface area (Å²) in [5, 5.41) is 3.97. The number of hydrogen-bond acceptors (Lipinski definition) is 2. The first-order valence-corrected chi connectivity index (χ1v) is 8.48. The van der Waals surface area contributed by atoms with Gasteiger partial charge in [0.05, 0.1) is 5.02 Å². The molecule has 4 heteroatoms. The maximum absolute atomic E-state index is 13.7. The zero-order valence-electron chi connectivity index (χ0n) is 13.0. The van der Waals surface area contributed by atoms with Gasteiger partial charge in [-0.15, -0.1) is 0 Å². The van der Waals surface area contributed by atoms with Crippen LogP contribution in [0.4, 0.5) is 4.39 Å². The van der Waals surface area contributed by atoms with E-state index in [0.717, 1.165) is 6.54 Å². The Kier molecular flexibility index (Phi) is 5.52. The van der Waals surface area contributed by atoms with E-state index in [1.54, 1.807) is 12.1 Å². The lowest BCUT2D eigenvalue weighted by molar-refractivity contribution is 0.300. The number of ether oxygens (including phenoxy) is 1. The molecule has 0 aliphatic heterocycles. The van der Waals surface area contributed by atoms with Crippen LogP contribution in [0.1, 0.15) is 36.8 Å². The van der Waals surface area contributed by atoms with Gasteiger partial charge in [0.1, 0.15) is 18.2 Å². The molecule has 2 aromatic rings. The van der Waals surface area contributed by atoms with E-state index in [-0.39, 0.29) is 12.4 Å². The van der Waals surface area contributed by atoms with E-state index in [9.17, 15) is 4.39 Å². The normalized spacial score (nSPS) is 15.0. The van der Waals surface area contributed by atoms with E-state index in [0.29, 0.717) is 22.4 Å².